The monoisotopic (exact) mass is 365 g/mol. The molecule has 0 saturated carbocycles. The second-order valence-electron chi connectivity index (χ2n) is 5.22. The van der Waals surface area contributed by atoms with Crippen LogP contribution in [-0.2, 0) is 9.53 Å². The Labute approximate surface area is 154 Å². The molecule has 2 aromatic carbocycles. The smallest absolute Gasteiger partial charge is 0.337 e. The lowest BCUT2D eigenvalue weighted by molar-refractivity contribution is -0.112. The molecule has 3 N–H and O–H groups in total. The zero-order valence-electron chi connectivity index (χ0n) is 14.2. The number of carbonyl (C=O) groups excluding carboxylic acids is 2. The average molecular weight is 365 g/mol. The number of carboxylic acid groups (broad SMARTS) is 1. The summed E-state index contributed by atoms with van der Waals surface area (Å²) < 4.78 is 4.63. The molecule has 0 heterocycles. The SMILES string of the molecule is COC(=O)c1cccc(N/C=C(/C#N)C(=O)Nc2ccc(C(=O)O)cc2)c1. The van der Waals surface area contributed by atoms with E-state index >= 15 is 0 Å². The highest BCUT2D eigenvalue weighted by Crippen LogP contribution is 2.14. The van der Waals surface area contributed by atoms with Gasteiger partial charge in [-0.2, -0.15) is 5.26 Å². The van der Waals surface area contributed by atoms with Gasteiger partial charge >= 0.3 is 11.9 Å². The molecule has 0 aliphatic rings. The molecule has 27 heavy (non-hydrogen) atoms. The zero-order valence-corrected chi connectivity index (χ0v) is 14.2. The first-order valence-electron chi connectivity index (χ1n) is 7.64. The molecular formula is C19H15N3O5. The van der Waals surface area contributed by atoms with Gasteiger partial charge in [0, 0.05) is 17.6 Å². The van der Waals surface area contributed by atoms with Gasteiger partial charge in [0.25, 0.3) is 5.91 Å². The number of hydrogen-bond donors (Lipinski definition) is 3. The third-order valence-electron chi connectivity index (χ3n) is 3.42. The fourth-order valence-electron chi connectivity index (χ4n) is 2.05. The molecule has 2 aromatic rings. The number of nitrogens with one attached hydrogen (secondary N) is 2. The molecule has 0 aliphatic heterocycles. The van der Waals surface area contributed by atoms with Crippen LogP contribution in [0.1, 0.15) is 20.7 Å². The van der Waals surface area contributed by atoms with E-state index in [1.54, 1.807) is 24.3 Å². The Morgan fingerprint density at radius 3 is 2.37 bits per heavy atom. The van der Waals surface area contributed by atoms with Crippen molar-refractivity contribution in [3.05, 3.63) is 71.4 Å². The van der Waals surface area contributed by atoms with Gasteiger partial charge in [-0.3, -0.25) is 4.79 Å². The van der Waals surface area contributed by atoms with Crippen LogP contribution in [0.3, 0.4) is 0 Å². The molecule has 0 aromatic heterocycles. The second-order valence-corrected chi connectivity index (χ2v) is 5.22. The normalized spacial score (nSPS) is 10.4. The number of ether oxygens (including phenoxy) is 1. The summed E-state index contributed by atoms with van der Waals surface area (Å²) in [5, 5.41) is 23.3. The number of amides is 1. The van der Waals surface area contributed by atoms with Crippen LogP contribution in [0.5, 0.6) is 0 Å². The van der Waals surface area contributed by atoms with Crippen molar-refractivity contribution in [3.8, 4) is 6.07 Å². The van der Waals surface area contributed by atoms with Crippen molar-refractivity contribution in [1.29, 1.82) is 5.26 Å². The van der Waals surface area contributed by atoms with Crippen LogP contribution in [0, 0.1) is 11.3 Å². The maximum atomic E-state index is 12.2. The molecule has 0 fully saturated rings. The van der Waals surface area contributed by atoms with Gasteiger partial charge in [-0.15, -0.1) is 0 Å². The molecule has 1 amide bonds. The van der Waals surface area contributed by atoms with Gasteiger partial charge in [0.2, 0.25) is 0 Å². The maximum absolute atomic E-state index is 12.2. The predicted molar refractivity (Wildman–Crippen MR) is 97.1 cm³/mol. The Morgan fingerprint density at radius 2 is 1.78 bits per heavy atom. The van der Waals surface area contributed by atoms with Gasteiger partial charge in [0.1, 0.15) is 11.6 Å². The third-order valence-corrected chi connectivity index (χ3v) is 3.42. The fourth-order valence-corrected chi connectivity index (χ4v) is 2.05. The Bertz CT molecular complexity index is 943. The number of rotatable bonds is 6. The lowest BCUT2D eigenvalue weighted by Crippen LogP contribution is -2.14. The first-order chi connectivity index (χ1) is 12.9. The number of aromatic carboxylic acids is 1. The van der Waals surface area contributed by atoms with Crippen molar-refractivity contribution >= 4 is 29.2 Å². The Morgan fingerprint density at radius 1 is 1.07 bits per heavy atom. The molecule has 136 valence electrons. The van der Waals surface area contributed by atoms with E-state index in [9.17, 15) is 19.6 Å². The van der Waals surface area contributed by atoms with Gasteiger partial charge < -0.3 is 20.5 Å². The molecule has 8 nitrogen and oxygen atoms in total. The summed E-state index contributed by atoms with van der Waals surface area (Å²) in [5.41, 5.74) is 1.03. The highest BCUT2D eigenvalue weighted by molar-refractivity contribution is 6.07. The highest BCUT2D eigenvalue weighted by atomic mass is 16.5. The topological polar surface area (TPSA) is 129 Å². The minimum absolute atomic E-state index is 0.0798. The maximum Gasteiger partial charge on any atom is 0.337 e. The van der Waals surface area contributed by atoms with Crippen LogP contribution < -0.4 is 10.6 Å². The number of nitriles is 1. The number of methoxy groups -OCH3 is 1. The van der Waals surface area contributed by atoms with Crippen molar-refractivity contribution in [3.63, 3.8) is 0 Å². The van der Waals surface area contributed by atoms with E-state index in [2.05, 4.69) is 15.4 Å². The summed E-state index contributed by atoms with van der Waals surface area (Å²) in [5.74, 6) is -2.26. The van der Waals surface area contributed by atoms with Crippen LogP contribution in [0.2, 0.25) is 0 Å². The number of esters is 1. The predicted octanol–water partition coefficient (Wildman–Crippen LogP) is 2.63. The quantitative estimate of drug-likeness (QED) is 0.408. The lowest BCUT2D eigenvalue weighted by Gasteiger charge is -2.06. The third kappa shape index (κ3) is 5.17. The van der Waals surface area contributed by atoms with Crippen molar-refractivity contribution in [2.75, 3.05) is 17.7 Å². The van der Waals surface area contributed by atoms with E-state index in [0.29, 0.717) is 16.9 Å². The molecule has 8 heteroatoms. The average Bonchev–Trinajstić information content (AvgIpc) is 2.68. The molecule has 0 aliphatic carbocycles. The summed E-state index contributed by atoms with van der Waals surface area (Å²) in [6, 6.07) is 13.6. The number of carbonyl (C=O) groups is 3. The number of nitrogens with zero attached hydrogens (tertiary/aromatic N) is 1. The Hall–Kier alpha value is -4.12. The van der Waals surface area contributed by atoms with E-state index in [1.165, 1.54) is 43.6 Å². The van der Waals surface area contributed by atoms with Crippen LogP contribution in [-0.4, -0.2) is 30.1 Å². The molecule has 0 bridgehead atoms. The Kier molecular flexibility index (Phi) is 6.28. The standard InChI is InChI=1S/C19H15N3O5/c1-27-19(26)13-3-2-4-16(9-13)21-11-14(10-20)17(23)22-15-7-5-12(6-8-15)18(24)25/h2-9,11,21H,1H3,(H,22,23)(H,24,25)/b14-11-. The first-order valence-corrected chi connectivity index (χ1v) is 7.64. The largest absolute Gasteiger partial charge is 0.478 e. The zero-order chi connectivity index (χ0) is 19.8. The van der Waals surface area contributed by atoms with Gasteiger partial charge in [-0.25, -0.2) is 9.59 Å². The number of benzene rings is 2. The van der Waals surface area contributed by atoms with Crippen LogP contribution in [0.25, 0.3) is 0 Å². The van der Waals surface area contributed by atoms with Crippen molar-refractivity contribution in [1.82, 2.24) is 0 Å². The molecule has 0 spiro atoms. The van der Waals surface area contributed by atoms with E-state index in [0.717, 1.165) is 0 Å². The van der Waals surface area contributed by atoms with Crippen molar-refractivity contribution in [2.24, 2.45) is 0 Å². The summed E-state index contributed by atoms with van der Waals surface area (Å²) in [6.07, 6.45) is 1.21. The van der Waals surface area contributed by atoms with Crippen molar-refractivity contribution < 1.29 is 24.2 Å². The second kappa shape index (κ2) is 8.82. The first kappa shape index (κ1) is 19.2. The minimum atomic E-state index is -1.08. The summed E-state index contributed by atoms with van der Waals surface area (Å²) >= 11 is 0. The molecule has 0 unspecified atom stereocenters. The number of carboxylic acids is 1. The molecule has 2 rings (SSSR count). The minimum Gasteiger partial charge on any atom is -0.478 e. The van der Waals surface area contributed by atoms with Crippen molar-refractivity contribution in [2.45, 2.75) is 0 Å². The molecule has 0 radical (unpaired) electrons. The van der Waals surface area contributed by atoms with Crippen LogP contribution in [0.4, 0.5) is 11.4 Å². The van der Waals surface area contributed by atoms with E-state index in [4.69, 9.17) is 5.11 Å². The number of anilines is 2. The summed E-state index contributed by atoms with van der Waals surface area (Å²) in [6.45, 7) is 0. The van der Waals surface area contributed by atoms with Gasteiger partial charge in [-0.05, 0) is 42.5 Å². The van der Waals surface area contributed by atoms with Crippen LogP contribution >= 0.6 is 0 Å². The molecule has 0 saturated heterocycles. The van der Waals surface area contributed by atoms with E-state index in [-0.39, 0.29) is 11.1 Å². The number of hydrogen-bond acceptors (Lipinski definition) is 6. The summed E-state index contributed by atoms with van der Waals surface area (Å²) in [7, 11) is 1.27. The summed E-state index contributed by atoms with van der Waals surface area (Å²) in [4.78, 5) is 34.5. The highest BCUT2D eigenvalue weighted by Gasteiger charge is 2.11. The lowest BCUT2D eigenvalue weighted by atomic mass is 10.2. The van der Waals surface area contributed by atoms with Crippen LogP contribution in [0.15, 0.2) is 60.3 Å². The van der Waals surface area contributed by atoms with E-state index in [1.807, 2.05) is 0 Å². The van der Waals surface area contributed by atoms with Gasteiger partial charge in [0.15, 0.2) is 0 Å². The van der Waals surface area contributed by atoms with E-state index < -0.39 is 17.8 Å². The molecular weight excluding hydrogens is 350 g/mol. The molecule has 0 atom stereocenters. The van der Waals surface area contributed by atoms with Gasteiger partial charge in [-0.1, -0.05) is 6.07 Å². The van der Waals surface area contributed by atoms with Gasteiger partial charge in [0.05, 0.1) is 18.2 Å². The fraction of sp³-hybridized carbons (Fsp3) is 0.0526. The Balaban J connectivity index is 2.09.